The molecule has 0 fully saturated rings. The smallest absolute Gasteiger partial charge is 0.116 e. The molecule has 0 unspecified atom stereocenters. The fraction of sp³-hybridized carbons (Fsp3) is 0.357. The second-order valence-electron chi connectivity index (χ2n) is 4.01. The zero-order valence-electron chi connectivity index (χ0n) is 10.3. The van der Waals surface area contributed by atoms with Gasteiger partial charge in [0.1, 0.15) is 6.33 Å². The van der Waals surface area contributed by atoms with Crippen LogP contribution in [-0.2, 0) is 6.42 Å². The molecule has 1 aliphatic carbocycles. The lowest BCUT2D eigenvalue weighted by Crippen LogP contribution is -2.01. The molecule has 1 aliphatic rings. The van der Waals surface area contributed by atoms with Crippen LogP contribution in [0.1, 0.15) is 36.7 Å². The monoisotopic (exact) mass is 227 g/mol. The van der Waals surface area contributed by atoms with Crippen molar-refractivity contribution in [3.05, 3.63) is 35.4 Å². The Morgan fingerprint density at radius 3 is 3.06 bits per heavy atom. The Hall–Kier alpha value is -1.77. The molecular weight excluding hydrogens is 210 g/mol. The number of hydrogen-bond acceptors (Lipinski definition) is 3. The van der Waals surface area contributed by atoms with E-state index in [9.17, 15) is 0 Å². The maximum atomic E-state index is 4.40. The zero-order valence-corrected chi connectivity index (χ0v) is 10.3. The van der Waals surface area contributed by atoms with E-state index in [0.29, 0.717) is 0 Å². The topological polar surface area (TPSA) is 38.1 Å². The van der Waals surface area contributed by atoms with E-state index in [1.54, 1.807) is 13.4 Å². The third-order valence-electron chi connectivity index (χ3n) is 2.89. The summed E-state index contributed by atoms with van der Waals surface area (Å²) in [4.78, 5) is 12.9. The Labute approximate surface area is 102 Å². The zero-order chi connectivity index (χ0) is 12.1. The molecule has 1 aromatic heterocycles. The van der Waals surface area contributed by atoms with Gasteiger partial charge in [-0.2, -0.15) is 0 Å². The van der Waals surface area contributed by atoms with Crippen LogP contribution in [-0.4, -0.2) is 23.2 Å². The summed E-state index contributed by atoms with van der Waals surface area (Å²) in [6.07, 6.45) is 13.2. The molecule has 1 aromatic rings. The number of aryl methyl sites for hydroxylation is 1. The number of fused-ring (bicyclic) bond motifs is 1. The van der Waals surface area contributed by atoms with Crippen molar-refractivity contribution in [3.8, 4) is 0 Å². The SMILES string of the molecule is C/C=C(\C=NC)c1ncnc2c1C=CCCC2. The molecule has 3 heteroatoms. The van der Waals surface area contributed by atoms with Gasteiger partial charge in [-0.05, 0) is 26.2 Å². The van der Waals surface area contributed by atoms with Crippen LogP contribution in [0.4, 0.5) is 0 Å². The van der Waals surface area contributed by atoms with Gasteiger partial charge in [-0.3, -0.25) is 4.99 Å². The lowest BCUT2D eigenvalue weighted by Gasteiger charge is -2.08. The van der Waals surface area contributed by atoms with Crippen LogP contribution in [0.25, 0.3) is 11.6 Å². The molecule has 0 saturated carbocycles. The van der Waals surface area contributed by atoms with E-state index < -0.39 is 0 Å². The van der Waals surface area contributed by atoms with Gasteiger partial charge in [-0.15, -0.1) is 0 Å². The standard InChI is InChI=1S/C14H17N3/c1-3-11(9-15-2)14-12-7-5-4-6-8-13(12)16-10-17-14/h3,5,7,9-10H,4,6,8H2,1-2H3/b11-3+,15-9?. The first kappa shape index (κ1) is 11.7. The van der Waals surface area contributed by atoms with Crippen LogP contribution >= 0.6 is 0 Å². The van der Waals surface area contributed by atoms with E-state index >= 15 is 0 Å². The first-order chi connectivity index (χ1) is 8.36. The van der Waals surface area contributed by atoms with E-state index in [2.05, 4.69) is 27.1 Å². The summed E-state index contributed by atoms with van der Waals surface area (Å²) >= 11 is 0. The Morgan fingerprint density at radius 1 is 1.41 bits per heavy atom. The molecule has 0 atom stereocenters. The summed E-state index contributed by atoms with van der Waals surface area (Å²) in [6, 6.07) is 0. The van der Waals surface area contributed by atoms with Crippen molar-refractivity contribution in [1.29, 1.82) is 0 Å². The predicted molar refractivity (Wildman–Crippen MR) is 72.1 cm³/mol. The van der Waals surface area contributed by atoms with Crippen molar-refractivity contribution in [1.82, 2.24) is 9.97 Å². The van der Waals surface area contributed by atoms with Gasteiger partial charge in [0, 0.05) is 24.4 Å². The Kier molecular flexibility index (Phi) is 3.81. The molecule has 0 spiro atoms. The van der Waals surface area contributed by atoms with Crippen molar-refractivity contribution in [2.24, 2.45) is 4.99 Å². The maximum Gasteiger partial charge on any atom is 0.116 e. The molecule has 0 saturated heterocycles. The van der Waals surface area contributed by atoms with Crippen molar-refractivity contribution >= 4 is 17.9 Å². The highest BCUT2D eigenvalue weighted by molar-refractivity contribution is 6.10. The minimum absolute atomic E-state index is 0.987. The van der Waals surface area contributed by atoms with E-state index in [4.69, 9.17) is 0 Å². The molecule has 3 nitrogen and oxygen atoms in total. The lowest BCUT2D eigenvalue weighted by atomic mass is 10.0. The highest BCUT2D eigenvalue weighted by atomic mass is 14.8. The third kappa shape index (κ3) is 2.49. The van der Waals surface area contributed by atoms with Gasteiger partial charge < -0.3 is 0 Å². The van der Waals surface area contributed by atoms with E-state index in [1.807, 2.05) is 19.2 Å². The molecule has 0 radical (unpaired) electrons. The summed E-state index contributed by atoms with van der Waals surface area (Å²) in [5.74, 6) is 0. The Morgan fingerprint density at radius 2 is 2.29 bits per heavy atom. The normalized spacial score (nSPS) is 16.0. The van der Waals surface area contributed by atoms with Crippen molar-refractivity contribution < 1.29 is 0 Å². The van der Waals surface area contributed by atoms with E-state index in [1.165, 1.54) is 0 Å². The fourth-order valence-corrected chi connectivity index (χ4v) is 2.04. The first-order valence-corrected chi connectivity index (χ1v) is 5.96. The number of nitrogens with zero attached hydrogens (tertiary/aromatic N) is 3. The maximum absolute atomic E-state index is 4.40. The van der Waals surface area contributed by atoms with Gasteiger partial charge in [-0.1, -0.05) is 18.2 Å². The van der Waals surface area contributed by atoms with E-state index in [-0.39, 0.29) is 0 Å². The third-order valence-corrected chi connectivity index (χ3v) is 2.89. The second kappa shape index (κ2) is 5.53. The number of hydrogen-bond donors (Lipinski definition) is 0. The van der Waals surface area contributed by atoms with Gasteiger partial charge in [0.05, 0.1) is 11.4 Å². The molecular formula is C14H17N3. The first-order valence-electron chi connectivity index (χ1n) is 5.96. The molecule has 0 amide bonds. The van der Waals surface area contributed by atoms with Crippen molar-refractivity contribution in [3.63, 3.8) is 0 Å². The summed E-state index contributed by atoms with van der Waals surface area (Å²) in [5, 5.41) is 0. The van der Waals surface area contributed by atoms with Crippen molar-refractivity contribution in [2.45, 2.75) is 26.2 Å². The number of rotatable bonds is 2. The predicted octanol–water partition coefficient (Wildman–Crippen LogP) is 2.93. The summed E-state index contributed by atoms with van der Waals surface area (Å²) in [5.41, 5.74) is 4.34. The van der Waals surface area contributed by atoms with Crippen LogP contribution < -0.4 is 0 Å². The fourth-order valence-electron chi connectivity index (χ4n) is 2.04. The average molecular weight is 227 g/mol. The number of aliphatic imine (C=N–C) groups is 1. The molecule has 0 N–H and O–H groups in total. The van der Waals surface area contributed by atoms with Gasteiger partial charge in [-0.25, -0.2) is 9.97 Å². The van der Waals surface area contributed by atoms with Gasteiger partial charge in [0.15, 0.2) is 0 Å². The van der Waals surface area contributed by atoms with Gasteiger partial charge in [0.25, 0.3) is 0 Å². The van der Waals surface area contributed by atoms with Crippen LogP contribution in [0, 0.1) is 0 Å². The molecule has 1 heterocycles. The second-order valence-corrected chi connectivity index (χ2v) is 4.01. The van der Waals surface area contributed by atoms with Gasteiger partial charge >= 0.3 is 0 Å². The largest absolute Gasteiger partial charge is 0.296 e. The summed E-state index contributed by atoms with van der Waals surface area (Å²) in [7, 11) is 1.78. The lowest BCUT2D eigenvalue weighted by molar-refractivity contribution is 0.819. The molecule has 88 valence electrons. The minimum Gasteiger partial charge on any atom is -0.296 e. The average Bonchev–Trinajstić information content (AvgIpc) is 2.60. The Bertz CT molecular complexity index is 484. The minimum atomic E-state index is 0.987. The molecule has 0 aromatic carbocycles. The summed E-state index contributed by atoms with van der Waals surface area (Å²) < 4.78 is 0. The van der Waals surface area contributed by atoms with Crippen LogP contribution in [0.3, 0.4) is 0 Å². The molecule has 0 aliphatic heterocycles. The highest BCUT2D eigenvalue weighted by Gasteiger charge is 2.12. The molecule has 2 rings (SSSR count). The number of aromatic nitrogens is 2. The van der Waals surface area contributed by atoms with Crippen LogP contribution in [0.2, 0.25) is 0 Å². The van der Waals surface area contributed by atoms with Crippen LogP contribution in [0.15, 0.2) is 23.5 Å². The highest BCUT2D eigenvalue weighted by Crippen LogP contribution is 2.23. The summed E-state index contributed by atoms with van der Waals surface area (Å²) in [6.45, 7) is 2.01. The van der Waals surface area contributed by atoms with Crippen molar-refractivity contribution in [2.75, 3.05) is 7.05 Å². The van der Waals surface area contributed by atoms with Crippen LogP contribution in [0.5, 0.6) is 0 Å². The quantitative estimate of drug-likeness (QED) is 0.728. The number of allylic oxidation sites excluding steroid dienone is 3. The molecule has 17 heavy (non-hydrogen) atoms. The van der Waals surface area contributed by atoms with E-state index in [0.717, 1.165) is 41.8 Å². The van der Waals surface area contributed by atoms with Gasteiger partial charge in [0.2, 0.25) is 0 Å². The molecule has 0 bridgehead atoms. The Balaban J connectivity index is 2.54.